The molecule has 0 bridgehead atoms. The van der Waals surface area contributed by atoms with E-state index in [1.54, 1.807) is 7.05 Å². The SMILES string of the molecule is CNCC(=O)NCC(O)c1cccc(C(F)(F)F)c1.Cl. The summed E-state index contributed by atoms with van der Waals surface area (Å²) in [7, 11) is 1.59. The lowest BCUT2D eigenvalue weighted by Gasteiger charge is -2.14. The van der Waals surface area contributed by atoms with Crippen LogP contribution >= 0.6 is 12.4 Å². The van der Waals surface area contributed by atoms with Crippen LogP contribution in [0, 0.1) is 0 Å². The molecule has 1 aromatic carbocycles. The lowest BCUT2D eigenvalue weighted by Crippen LogP contribution is -2.34. The zero-order valence-electron chi connectivity index (χ0n) is 10.7. The highest BCUT2D eigenvalue weighted by Crippen LogP contribution is 2.30. The minimum absolute atomic E-state index is 0. The highest BCUT2D eigenvalue weighted by Gasteiger charge is 2.30. The number of carbonyl (C=O) groups is 1. The number of hydrogen-bond acceptors (Lipinski definition) is 3. The van der Waals surface area contributed by atoms with Crippen molar-refractivity contribution in [3.05, 3.63) is 35.4 Å². The predicted octanol–water partition coefficient (Wildman–Crippen LogP) is 1.50. The van der Waals surface area contributed by atoms with E-state index in [-0.39, 0.29) is 37.0 Å². The Morgan fingerprint density at radius 2 is 2.05 bits per heavy atom. The van der Waals surface area contributed by atoms with Gasteiger partial charge in [0.05, 0.1) is 18.2 Å². The molecular formula is C12H16ClF3N2O2. The molecule has 8 heteroatoms. The molecule has 0 heterocycles. The number of amides is 1. The summed E-state index contributed by atoms with van der Waals surface area (Å²) in [5.74, 6) is -0.339. The Bertz CT molecular complexity index is 441. The fourth-order valence-corrected chi connectivity index (χ4v) is 1.47. The maximum atomic E-state index is 12.5. The van der Waals surface area contributed by atoms with Gasteiger partial charge in [0, 0.05) is 6.54 Å². The fourth-order valence-electron chi connectivity index (χ4n) is 1.47. The average molecular weight is 313 g/mol. The van der Waals surface area contributed by atoms with Crippen LogP contribution < -0.4 is 10.6 Å². The highest BCUT2D eigenvalue weighted by atomic mass is 35.5. The zero-order chi connectivity index (χ0) is 14.5. The van der Waals surface area contributed by atoms with Crippen LogP contribution in [0.1, 0.15) is 17.2 Å². The summed E-state index contributed by atoms with van der Waals surface area (Å²) >= 11 is 0. The van der Waals surface area contributed by atoms with Gasteiger partial charge in [0.1, 0.15) is 0 Å². The van der Waals surface area contributed by atoms with Crippen LogP contribution in [-0.4, -0.2) is 31.2 Å². The fraction of sp³-hybridized carbons (Fsp3) is 0.417. The van der Waals surface area contributed by atoms with Crippen molar-refractivity contribution in [1.29, 1.82) is 0 Å². The Balaban J connectivity index is 0.00000361. The van der Waals surface area contributed by atoms with Crippen molar-refractivity contribution in [3.63, 3.8) is 0 Å². The van der Waals surface area contributed by atoms with Gasteiger partial charge < -0.3 is 15.7 Å². The molecule has 0 saturated heterocycles. The van der Waals surface area contributed by atoms with Crippen LogP contribution in [0.2, 0.25) is 0 Å². The molecule has 3 N–H and O–H groups in total. The molecule has 0 saturated carbocycles. The van der Waals surface area contributed by atoms with Gasteiger partial charge in [0.25, 0.3) is 0 Å². The van der Waals surface area contributed by atoms with E-state index in [1.807, 2.05) is 0 Å². The molecule has 0 aliphatic rings. The number of hydrogen-bond donors (Lipinski definition) is 3. The van der Waals surface area contributed by atoms with Crippen molar-refractivity contribution in [3.8, 4) is 0 Å². The second-order valence-electron chi connectivity index (χ2n) is 3.97. The first-order valence-corrected chi connectivity index (χ1v) is 5.61. The number of carbonyl (C=O) groups excluding carboxylic acids is 1. The van der Waals surface area contributed by atoms with Crippen molar-refractivity contribution in [2.45, 2.75) is 12.3 Å². The van der Waals surface area contributed by atoms with E-state index >= 15 is 0 Å². The number of likely N-dealkylation sites (N-methyl/N-ethyl adjacent to an activating group) is 1. The smallest absolute Gasteiger partial charge is 0.387 e. The molecule has 0 aliphatic heterocycles. The standard InChI is InChI=1S/C12H15F3N2O2.ClH/c1-16-7-11(19)17-6-10(18)8-3-2-4-9(5-8)12(13,14)15;/h2-5,10,16,18H,6-7H2,1H3,(H,17,19);1H. The third-order valence-corrected chi connectivity index (χ3v) is 2.43. The number of nitrogens with one attached hydrogen (secondary N) is 2. The summed E-state index contributed by atoms with van der Waals surface area (Å²) in [6.45, 7) is -0.0584. The predicted molar refractivity (Wildman–Crippen MR) is 70.6 cm³/mol. The molecule has 20 heavy (non-hydrogen) atoms. The lowest BCUT2D eigenvalue weighted by molar-refractivity contribution is -0.137. The highest BCUT2D eigenvalue weighted by molar-refractivity contribution is 5.85. The monoisotopic (exact) mass is 312 g/mol. The number of halogens is 4. The average Bonchev–Trinajstić information content (AvgIpc) is 2.35. The summed E-state index contributed by atoms with van der Waals surface area (Å²) in [6, 6.07) is 4.39. The molecule has 1 rings (SSSR count). The van der Waals surface area contributed by atoms with Crippen LogP contribution in [0.4, 0.5) is 13.2 Å². The zero-order valence-corrected chi connectivity index (χ0v) is 11.5. The summed E-state index contributed by atoms with van der Waals surface area (Å²) in [6.07, 6.45) is -5.63. The minimum Gasteiger partial charge on any atom is -0.387 e. The van der Waals surface area contributed by atoms with E-state index < -0.39 is 17.8 Å². The molecule has 1 amide bonds. The van der Waals surface area contributed by atoms with Crippen molar-refractivity contribution in [2.24, 2.45) is 0 Å². The number of aliphatic hydroxyl groups is 1. The second kappa shape index (κ2) is 8.08. The molecule has 0 fully saturated rings. The van der Waals surface area contributed by atoms with E-state index in [0.29, 0.717) is 0 Å². The maximum absolute atomic E-state index is 12.5. The Hall–Kier alpha value is -1.31. The number of benzene rings is 1. The van der Waals surface area contributed by atoms with Crippen molar-refractivity contribution < 1.29 is 23.1 Å². The summed E-state index contributed by atoms with van der Waals surface area (Å²) < 4.78 is 37.5. The molecule has 0 radical (unpaired) electrons. The van der Waals surface area contributed by atoms with E-state index in [1.165, 1.54) is 12.1 Å². The first kappa shape index (κ1) is 18.7. The van der Waals surface area contributed by atoms with Gasteiger partial charge in [-0.05, 0) is 24.7 Å². The van der Waals surface area contributed by atoms with Gasteiger partial charge in [-0.25, -0.2) is 0 Å². The third-order valence-electron chi connectivity index (χ3n) is 2.43. The first-order valence-electron chi connectivity index (χ1n) is 5.61. The second-order valence-corrected chi connectivity index (χ2v) is 3.97. The molecule has 114 valence electrons. The Labute approximate surface area is 120 Å². The van der Waals surface area contributed by atoms with Crippen LogP contribution in [0.25, 0.3) is 0 Å². The Morgan fingerprint density at radius 3 is 2.60 bits per heavy atom. The van der Waals surface area contributed by atoms with Crippen molar-refractivity contribution in [2.75, 3.05) is 20.1 Å². The summed E-state index contributed by atoms with van der Waals surface area (Å²) in [5, 5.41) is 14.8. The molecule has 1 aromatic rings. The van der Waals surface area contributed by atoms with Crippen LogP contribution in [0.5, 0.6) is 0 Å². The largest absolute Gasteiger partial charge is 0.416 e. The number of alkyl halides is 3. The number of rotatable bonds is 5. The van der Waals surface area contributed by atoms with Crippen LogP contribution in [-0.2, 0) is 11.0 Å². The van der Waals surface area contributed by atoms with Gasteiger partial charge in [-0.1, -0.05) is 12.1 Å². The van der Waals surface area contributed by atoms with Crippen molar-refractivity contribution in [1.82, 2.24) is 10.6 Å². The van der Waals surface area contributed by atoms with Gasteiger partial charge in [-0.2, -0.15) is 13.2 Å². The minimum atomic E-state index is -4.45. The van der Waals surface area contributed by atoms with Gasteiger partial charge in [-0.15, -0.1) is 12.4 Å². The van der Waals surface area contributed by atoms with E-state index in [0.717, 1.165) is 12.1 Å². The topological polar surface area (TPSA) is 61.4 Å². The molecule has 0 spiro atoms. The molecule has 1 unspecified atom stereocenters. The Kier molecular flexibility index (Phi) is 7.55. The Morgan fingerprint density at radius 1 is 1.40 bits per heavy atom. The van der Waals surface area contributed by atoms with Gasteiger partial charge in [0.15, 0.2) is 0 Å². The molecule has 1 atom stereocenters. The van der Waals surface area contributed by atoms with Crippen LogP contribution in [0.15, 0.2) is 24.3 Å². The third kappa shape index (κ3) is 5.77. The summed E-state index contributed by atoms with van der Waals surface area (Å²) in [5.41, 5.74) is -0.717. The van der Waals surface area contributed by atoms with E-state index in [4.69, 9.17) is 0 Å². The van der Waals surface area contributed by atoms with Crippen molar-refractivity contribution >= 4 is 18.3 Å². The van der Waals surface area contributed by atoms with E-state index in [2.05, 4.69) is 10.6 Å². The maximum Gasteiger partial charge on any atom is 0.416 e. The molecule has 4 nitrogen and oxygen atoms in total. The van der Waals surface area contributed by atoms with E-state index in [9.17, 15) is 23.1 Å². The molecule has 0 aliphatic carbocycles. The quantitative estimate of drug-likeness (QED) is 0.772. The lowest BCUT2D eigenvalue weighted by atomic mass is 10.1. The summed E-state index contributed by atoms with van der Waals surface area (Å²) in [4.78, 5) is 11.1. The van der Waals surface area contributed by atoms with Gasteiger partial charge in [0.2, 0.25) is 5.91 Å². The molecule has 0 aromatic heterocycles. The normalized spacial score (nSPS) is 12.4. The van der Waals surface area contributed by atoms with Gasteiger partial charge >= 0.3 is 6.18 Å². The first-order chi connectivity index (χ1) is 8.84. The van der Waals surface area contributed by atoms with Crippen LogP contribution in [0.3, 0.4) is 0 Å². The van der Waals surface area contributed by atoms with Gasteiger partial charge in [-0.3, -0.25) is 4.79 Å². The number of aliphatic hydroxyl groups excluding tert-OH is 1. The molecular weight excluding hydrogens is 297 g/mol.